The molecule has 0 aliphatic heterocycles. The van der Waals surface area contributed by atoms with Gasteiger partial charge in [-0.05, 0) is 35.7 Å². The molecule has 6 heteroatoms. The van der Waals surface area contributed by atoms with E-state index in [1.54, 1.807) is 23.1 Å². The molecule has 0 radical (unpaired) electrons. The smallest absolute Gasteiger partial charge is 0.190 e. The third-order valence-corrected chi connectivity index (χ3v) is 6.44. The van der Waals surface area contributed by atoms with Crippen LogP contribution in [0.15, 0.2) is 59.1 Å². The van der Waals surface area contributed by atoms with Gasteiger partial charge in [0.2, 0.25) is 0 Å². The minimum atomic E-state index is 0.494. The van der Waals surface area contributed by atoms with Gasteiger partial charge >= 0.3 is 0 Å². The number of halogens is 2. The molecule has 0 N–H and O–H groups in total. The van der Waals surface area contributed by atoms with Gasteiger partial charge in [-0.3, -0.25) is 0 Å². The van der Waals surface area contributed by atoms with Crippen LogP contribution in [0.4, 0.5) is 0 Å². The highest BCUT2D eigenvalue weighted by atomic mass is 35.5. The van der Waals surface area contributed by atoms with Gasteiger partial charge in [-0.2, -0.15) is 0 Å². The van der Waals surface area contributed by atoms with Crippen molar-refractivity contribution in [3.05, 3.63) is 75.2 Å². The van der Waals surface area contributed by atoms with Gasteiger partial charge in [0, 0.05) is 21.7 Å². The molecule has 130 valence electrons. The highest BCUT2D eigenvalue weighted by molar-refractivity contribution is 7.98. The molecule has 2 aromatic heterocycles. The van der Waals surface area contributed by atoms with Crippen molar-refractivity contribution in [1.82, 2.24) is 9.97 Å². The average molecular weight is 417 g/mol. The SMILES string of the molecule is Cc1ccccc1CSc1nc(Cl)c2c(-c3ccc(Cl)cc3)csc2n1. The molecule has 0 atom stereocenters. The molecule has 0 amide bonds. The number of thioether (sulfide) groups is 1. The van der Waals surface area contributed by atoms with Crippen molar-refractivity contribution in [2.24, 2.45) is 0 Å². The van der Waals surface area contributed by atoms with Crippen LogP contribution in [0, 0.1) is 6.92 Å². The van der Waals surface area contributed by atoms with Crippen molar-refractivity contribution in [2.75, 3.05) is 0 Å². The van der Waals surface area contributed by atoms with Gasteiger partial charge in [0.15, 0.2) is 5.16 Å². The second-order valence-electron chi connectivity index (χ2n) is 5.85. The fourth-order valence-electron chi connectivity index (χ4n) is 2.70. The minimum absolute atomic E-state index is 0.494. The van der Waals surface area contributed by atoms with Gasteiger partial charge in [-0.25, -0.2) is 9.97 Å². The lowest BCUT2D eigenvalue weighted by Crippen LogP contribution is -1.91. The van der Waals surface area contributed by atoms with Crippen LogP contribution in [-0.2, 0) is 5.75 Å². The van der Waals surface area contributed by atoms with Crippen LogP contribution in [0.2, 0.25) is 10.2 Å². The number of benzene rings is 2. The number of aryl methyl sites for hydroxylation is 1. The standard InChI is InChI=1S/C20H14Cl2N2S2/c1-12-4-2-3-5-14(12)10-26-20-23-18(22)17-16(11-25-19(17)24-20)13-6-8-15(21)9-7-13/h2-9,11H,10H2,1H3. The Bertz CT molecular complexity index is 1080. The lowest BCUT2D eigenvalue weighted by molar-refractivity contribution is 1.01. The first kappa shape index (κ1) is 17.8. The van der Waals surface area contributed by atoms with E-state index in [1.165, 1.54) is 11.1 Å². The summed E-state index contributed by atoms with van der Waals surface area (Å²) in [7, 11) is 0. The molecule has 2 heterocycles. The maximum absolute atomic E-state index is 6.52. The first-order valence-corrected chi connectivity index (χ1v) is 10.6. The molecule has 0 aliphatic rings. The largest absolute Gasteiger partial charge is 0.211 e. The summed E-state index contributed by atoms with van der Waals surface area (Å²) < 4.78 is 0. The van der Waals surface area contributed by atoms with Crippen molar-refractivity contribution in [3.63, 3.8) is 0 Å². The number of thiophene rings is 1. The normalized spacial score (nSPS) is 11.2. The number of nitrogens with zero attached hydrogens (tertiary/aromatic N) is 2. The third kappa shape index (κ3) is 3.60. The van der Waals surface area contributed by atoms with Crippen LogP contribution < -0.4 is 0 Å². The summed E-state index contributed by atoms with van der Waals surface area (Å²) in [6, 6.07) is 16.1. The van der Waals surface area contributed by atoms with E-state index in [1.807, 2.05) is 30.3 Å². The number of hydrogen-bond donors (Lipinski definition) is 0. The lowest BCUT2D eigenvalue weighted by atomic mass is 10.1. The Labute approximate surface area is 170 Å². The maximum atomic E-state index is 6.52. The van der Waals surface area contributed by atoms with Crippen molar-refractivity contribution in [2.45, 2.75) is 17.8 Å². The summed E-state index contributed by atoms with van der Waals surface area (Å²) in [6.45, 7) is 2.12. The predicted molar refractivity (Wildman–Crippen MR) is 114 cm³/mol. The van der Waals surface area contributed by atoms with Crippen LogP contribution in [0.25, 0.3) is 21.3 Å². The van der Waals surface area contributed by atoms with Gasteiger partial charge < -0.3 is 0 Å². The van der Waals surface area contributed by atoms with E-state index in [0.29, 0.717) is 15.3 Å². The van der Waals surface area contributed by atoms with E-state index in [4.69, 9.17) is 28.2 Å². The molecule has 0 fully saturated rings. The van der Waals surface area contributed by atoms with E-state index >= 15 is 0 Å². The Kier molecular flexibility index (Phi) is 5.18. The Morgan fingerprint density at radius 2 is 1.77 bits per heavy atom. The zero-order valence-electron chi connectivity index (χ0n) is 13.9. The van der Waals surface area contributed by atoms with Crippen LogP contribution in [0.5, 0.6) is 0 Å². The zero-order valence-corrected chi connectivity index (χ0v) is 17.0. The van der Waals surface area contributed by atoms with Crippen LogP contribution >= 0.6 is 46.3 Å². The van der Waals surface area contributed by atoms with Gasteiger partial charge in [-0.1, -0.05) is 71.4 Å². The molecule has 0 saturated heterocycles. The number of fused-ring (bicyclic) bond motifs is 1. The summed E-state index contributed by atoms with van der Waals surface area (Å²) in [5.41, 5.74) is 4.66. The van der Waals surface area contributed by atoms with Crippen LogP contribution in [-0.4, -0.2) is 9.97 Å². The van der Waals surface area contributed by atoms with Gasteiger partial charge in [0.05, 0.1) is 5.39 Å². The maximum Gasteiger partial charge on any atom is 0.190 e. The number of hydrogen-bond acceptors (Lipinski definition) is 4. The van der Waals surface area contributed by atoms with E-state index < -0.39 is 0 Å². The Hall–Kier alpha value is -1.59. The first-order chi connectivity index (χ1) is 12.6. The molecule has 2 aromatic carbocycles. The average Bonchev–Trinajstić information content (AvgIpc) is 3.06. The summed E-state index contributed by atoms with van der Waals surface area (Å²) in [4.78, 5) is 10.1. The first-order valence-electron chi connectivity index (χ1n) is 8.00. The lowest BCUT2D eigenvalue weighted by Gasteiger charge is -2.06. The molecule has 0 aliphatic carbocycles. The van der Waals surface area contributed by atoms with Crippen LogP contribution in [0.1, 0.15) is 11.1 Å². The number of rotatable bonds is 4. The van der Waals surface area contributed by atoms with Crippen molar-refractivity contribution in [3.8, 4) is 11.1 Å². The van der Waals surface area contributed by atoms with E-state index in [0.717, 1.165) is 27.1 Å². The molecule has 0 unspecified atom stereocenters. The van der Waals surface area contributed by atoms with E-state index in [-0.39, 0.29) is 0 Å². The monoisotopic (exact) mass is 416 g/mol. The molecular formula is C20H14Cl2N2S2. The highest BCUT2D eigenvalue weighted by Crippen LogP contribution is 2.38. The summed E-state index contributed by atoms with van der Waals surface area (Å²) in [6.07, 6.45) is 0. The second-order valence-corrected chi connectivity index (χ2v) is 8.44. The van der Waals surface area contributed by atoms with Crippen molar-refractivity contribution >= 4 is 56.5 Å². The Morgan fingerprint density at radius 1 is 1.00 bits per heavy atom. The molecule has 4 rings (SSSR count). The highest BCUT2D eigenvalue weighted by Gasteiger charge is 2.14. The van der Waals surface area contributed by atoms with E-state index in [9.17, 15) is 0 Å². The molecule has 26 heavy (non-hydrogen) atoms. The topological polar surface area (TPSA) is 25.8 Å². The van der Waals surface area contributed by atoms with Gasteiger partial charge in [-0.15, -0.1) is 11.3 Å². The fourth-order valence-corrected chi connectivity index (χ4v) is 5.13. The van der Waals surface area contributed by atoms with Gasteiger partial charge in [0.25, 0.3) is 0 Å². The Morgan fingerprint density at radius 3 is 2.54 bits per heavy atom. The fraction of sp³-hybridized carbons (Fsp3) is 0.100. The summed E-state index contributed by atoms with van der Waals surface area (Å²) in [5.74, 6) is 0.823. The van der Waals surface area contributed by atoms with Crippen molar-refractivity contribution in [1.29, 1.82) is 0 Å². The molecule has 0 spiro atoms. The predicted octanol–water partition coefficient (Wildman–Crippen LogP) is 7.27. The summed E-state index contributed by atoms with van der Waals surface area (Å²) >= 11 is 15.7. The second kappa shape index (κ2) is 7.57. The van der Waals surface area contributed by atoms with Gasteiger partial charge in [0.1, 0.15) is 9.98 Å². The molecule has 4 aromatic rings. The van der Waals surface area contributed by atoms with Crippen LogP contribution in [0.3, 0.4) is 0 Å². The van der Waals surface area contributed by atoms with Crippen molar-refractivity contribution < 1.29 is 0 Å². The molecule has 2 nitrogen and oxygen atoms in total. The third-order valence-electron chi connectivity index (χ3n) is 4.14. The summed E-state index contributed by atoms with van der Waals surface area (Å²) in [5, 5.41) is 4.89. The molecule has 0 saturated carbocycles. The Balaban J connectivity index is 1.65. The quantitative estimate of drug-likeness (QED) is 0.198. The zero-order chi connectivity index (χ0) is 18.1. The number of aromatic nitrogens is 2. The minimum Gasteiger partial charge on any atom is -0.211 e. The molecule has 0 bridgehead atoms. The molecular weight excluding hydrogens is 403 g/mol. The van der Waals surface area contributed by atoms with E-state index in [2.05, 4.69) is 35.5 Å².